The number of nitrogens with zero attached hydrogens (tertiary/aromatic N) is 5. The summed E-state index contributed by atoms with van der Waals surface area (Å²) in [6, 6.07) is 4.95. The number of carbonyl (C=O) groups is 1. The second-order valence-electron chi connectivity index (χ2n) is 12.4. The van der Waals surface area contributed by atoms with Crippen LogP contribution >= 0.6 is 0 Å². The Bertz CT molecular complexity index is 1270. The van der Waals surface area contributed by atoms with Crippen LogP contribution < -0.4 is 0 Å². The van der Waals surface area contributed by atoms with Crippen LogP contribution in [0.5, 0.6) is 0 Å². The van der Waals surface area contributed by atoms with Crippen molar-refractivity contribution in [2.24, 2.45) is 11.8 Å². The molecule has 222 valence electrons. The summed E-state index contributed by atoms with van der Waals surface area (Å²) in [7, 11) is 0. The number of piperazine rings is 1. The highest BCUT2D eigenvalue weighted by Crippen LogP contribution is 2.44. The van der Waals surface area contributed by atoms with Crippen LogP contribution in [0, 0.1) is 25.7 Å². The molecule has 1 unspecified atom stereocenters. The number of benzene rings is 1. The minimum Gasteiger partial charge on any atom is -0.376 e. The first kappa shape index (κ1) is 28.6. The molecule has 10 heteroatoms. The number of hydrogen-bond acceptors (Lipinski definition) is 6. The maximum Gasteiger partial charge on any atom is 0.416 e. The van der Waals surface area contributed by atoms with E-state index in [-0.39, 0.29) is 24.1 Å². The quantitative estimate of drug-likeness (QED) is 0.520. The molecule has 1 aromatic heterocycles. The summed E-state index contributed by atoms with van der Waals surface area (Å²) in [5.41, 5.74) is 3.27. The van der Waals surface area contributed by atoms with Crippen molar-refractivity contribution in [1.82, 2.24) is 24.7 Å². The van der Waals surface area contributed by atoms with Gasteiger partial charge in [0.25, 0.3) is 5.91 Å². The first-order valence-corrected chi connectivity index (χ1v) is 14.9. The molecule has 2 aliphatic carbocycles. The average Bonchev–Trinajstić information content (AvgIpc) is 3.59. The van der Waals surface area contributed by atoms with Gasteiger partial charge in [-0.1, -0.05) is 6.07 Å². The van der Waals surface area contributed by atoms with Gasteiger partial charge < -0.3 is 9.64 Å². The van der Waals surface area contributed by atoms with Gasteiger partial charge in [0, 0.05) is 57.8 Å². The van der Waals surface area contributed by atoms with Gasteiger partial charge in [0.1, 0.15) is 6.33 Å². The molecule has 7 nitrogen and oxygen atoms in total. The summed E-state index contributed by atoms with van der Waals surface area (Å²) in [5, 5.41) is 0. The lowest BCUT2D eigenvalue weighted by Gasteiger charge is -2.46. The van der Waals surface area contributed by atoms with E-state index in [4.69, 9.17) is 4.74 Å². The monoisotopic (exact) mass is 571 g/mol. The van der Waals surface area contributed by atoms with Crippen LogP contribution in [0.25, 0.3) is 0 Å². The number of aryl methyl sites for hydroxylation is 2. The SMILES string of the molecule is CCO[C@H]1Cc2cc(C(F)(F)F)ccc2[C@@H]1N1CCN(C2C[C@@H]3CN(C(=O)c4c(C)ncnc4C)C[C@@H]3C2)C[C@@H]1C. The Hall–Kier alpha value is -2.56. The molecule has 3 fully saturated rings. The van der Waals surface area contributed by atoms with Crippen LogP contribution in [-0.4, -0.2) is 88.1 Å². The first-order valence-electron chi connectivity index (χ1n) is 14.9. The topological polar surface area (TPSA) is 61.8 Å². The van der Waals surface area contributed by atoms with Crippen molar-refractivity contribution >= 4 is 5.91 Å². The van der Waals surface area contributed by atoms with Gasteiger partial charge in [0.15, 0.2) is 0 Å². The number of alkyl halides is 3. The zero-order valence-electron chi connectivity index (χ0n) is 24.3. The Morgan fingerprint density at radius 3 is 2.34 bits per heavy atom. The molecular weight excluding hydrogens is 531 g/mol. The largest absolute Gasteiger partial charge is 0.416 e. The summed E-state index contributed by atoms with van der Waals surface area (Å²) in [5.74, 6) is 1.07. The van der Waals surface area contributed by atoms with E-state index >= 15 is 0 Å². The molecule has 0 radical (unpaired) electrons. The maximum atomic E-state index is 13.4. The first-order chi connectivity index (χ1) is 19.5. The Balaban J connectivity index is 1.09. The van der Waals surface area contributed by atoms with E-state index in [0.29, 0.717) is 36.5 Å². The van der Waals surface area contributed by atoms with E-state index in [2.05, 4.69) is 26.7 Å². The van der Waals surface area contributed by atoms with Gasteiger partial charge in [-0.2, -0.15) is 13.2 Å². The molecule has 3 heterocycles. The van der Waals surface area contributed by atoms with Gasteiger partial charge in [0.2, 0.25) is 0 Å². The zero-order valence-corrected chi connectivity index (χ0v) is 24.3. The number of likely N-dealkylation sites (tertiary alicyclic amines) is 1. The average molecular weight is 572 g/mol. The fraction of sp³-hybridized carbons (Fsp3) is 0.645. The fourth-order valence-electron chi connectivity index (χ4n) is 8.07. The lowest BCUT2D eigenvalue weighted by Crippen LogP contribution is -2.56. The molecule has 1 saturated carbocycles. The molecule has 1 amide bonds. The highest BCUT2D eigenvalue weighted by molar-refractivity contribution is 5.96. The van der Waals surface area contributed by atoms with Gasteiger partial charge in [0.05, 0.1) is 34.7 Å². The van der Waals surface area contributed by atoms with E-state index in [9.17, 15) is 18.0 Å². The molecule has 1 aromatic carbocycles. The molecule has 2 saturated heterocycles. The van der Waals surface area contributed by atoms with E-state index in [1.807, 2.05) is 25.7 Å². The number of halogens is 3. The van der Waals surface area contributed by atoms with Crippen molar-refractivity contribution in [3.05, 3.63) is 58.2 Å². The third kappa shape index (κ3) is 5.27. The molecular formula is C31H40F3N5O2. The number of carbonyl (C=O) groups excluding carboxylic acids is 1. The van der Waals surface area contributed by atoms with E-state index in [1.54, 1.807) is 6.07 Å². The van der Waals surface area contributed by atoms with Crippen molar-refractivity contribution in [2.45, 2.75) is 77.4 Å². The summed E-state index contributed by atoms with van der Waals surface area (Å²) >= 11 is 0. The van der Waals surface area contributed by atoms with Gasteiger partial charge in [-0.15, -0.1) is 0 Å². The van der Waals surface area contributed by atoms with Gasteiger partial charge in [-0.05, 0) is 75.6 Å². The number of amides is 1. The van der Waals surface area contributed by atoms with Gasteiger partial charge in [-0.25, -0.2) is 9.97 Å². The van der Waals surface area contributed by atoms with E-state index in [1.165, 1.54) is 18.5 Å². The van der Waals surface area contributed by atoms with Crippen LogP contribution in [0.3, 0.4) is 0 Å². The molecule has 2 aliphatic heterocycles. The second-order valence-corrected chi connectivity index (χ2v) is 12.4. The summed E-state index contributed by atoms with van der Waals surface area (Å²) in [6.45, 7) is 12.8. The van der Waals surface area contributed by atoms with Crippen molar-refractivity contribution in [3.63, 3.8) is 0 Å². The smallest absolute Gasteiger partial charge is 0.376 e. The number of hydrogen-bond donors (Lipinski definition) is 0. The summed E-state index contributed by atoms with van der Waals surface area (Å²) in [6.07, 6.45) is -0.261. The van der Waals surface area contributed by atoms with Crippen molar-refractivity contribution < 1.29 is 22.7 Å². The predicted molar refractivity (Wildman–Crippen MR) is 148 cm³/mol. The molecule has 0 N–H and O–H groups in total. The van der Waals surface area contributed by atoms with Crippen molar-refractivity contribution in [3.8, 4) is 0 Å². The molecule has 41 heavy (non-hydrogen) atoms. The zero-order chi connectivity index (χ0) is 29.1. The standard InChI is InChI=1S/C31H40F3N5O2/c1-5-41-27-13-21-10-24(31(32,33)34)6-7-26(21)29(27)39-9-8-37(14-18(39)2)25-11-22-15-38(16-23(22)12-25)30(40)28-19(3)35-17-36-20(28)4/h6-7,10,17-18,22-23,25,27,29H,5,8-9,11-16H2,1-4H3/t18-,22-,23+,25?,27-,29-/m0/s1. The summed E-state index contributed by atoms with van der Waals surface area (Å²) < 4.78 is 46.3. The van der Waals surface area contributed by atoms with E-state index < -0.39 is 11.7 Å². The van der Waals surface area contributed by atoms with Crippen LogP contribution in [-0.2, 0) is 17.3 Å². The lowest BCUT2D eigenvalue weighted by atomic mass is 9.99. The Morgan fingerprint density at radius 2 is 1.73 bits per heavy atom. The molecule has 0 bridgehead atoms. The lowest BCUT2D eigenvalue weighted by molar-refractivity contribution is -0.137. The Labute approximate surface area is 240 Å². The highest BCUT2D eigenvalue weighted by Gasteiger charge is 2.47. The molecule has 4 aliphatic rings. The third-order valence-electron chi connectivity index (χ3n) is 9.98. The molecule has 2 aromatic rings. The number of fused-ring (bicyclic) bond motifs is 2. The van der Waals surface area contributed by atoms with Crippen molar-refractivity contribution in [1.29, 1.82) is 0 Å². The van der Waals surface area contributed by atoms with Crippen LogP contribution in [0.2, 0.25) is 0 Å². The number of aromatic nitrogens is 2. The van der Waals surface area contributed by atoms with Gasteiger partial charge >= 0.3 is 6.18 Å². The van der Waals surface area contributed by atoms with Crippen molar-refractivity contribution in [2.75, 3.05) is 39.3 Å². The predicted octanol–water partition coefficient (Wildman–Crippen LogP) is 4.67. The third-order valence-corrected chi connectivity index (χ3v) is 9.98. The molecule has 0 spiro atoms. The minimum atomic E-state index is -4.34. The second kappa shape index (κ2) is 10.9. The molecule has 6 rings (SSSR count). The Morgan fingerprint density at radius 1 is 1.05 bits per heavy atom. The summed E-state index contributed by atoms with van der Waals surface area (Å²) in [4.78, 5) is 28.8. The van der Waals surface area contributed by atoms with E-state index in [0.717, 1.165) is 68.1 Å². The number of ether oxygens (including phenoxy) is 1. The fourth-order valence-corrected chi connectivity index (χ4v) is 8.07. The van der Waals surface area contributed by atoms with Crippen LogP contribution in [0.1, 0.15) is 71.2 Å². The Kier molecular flexibility index (Phi) is 7.61. The minimum absolute atomic E-state index is 0.0270. The highest BCUT2D eigenvalue weighted by atomic mass is 19.4. The number of rotatable bonds is 5. The van der Waals surface area contributed by atoms with Crippen LogP contribution in [0.4, 0.5) is 13.2 Å². The van der Waals surface area contributed by atoms with Gasteiger partial charge in [-0.3, -0.25) is 14.6 Å². The normalized spacial score (nSPS) is 30.6. The molecule has 6 atom stereocenters. The van der Waals surface area contributed by atoms with Crippen LogP contribution in [0.15, 0.2) is 24.5 Å². The maximum absolute atomic E-state index is 13.4.